The number of fused-ring (bicyclic) bond motifs is 1. The molecule has 0 amide bonds. The largest absolute Gasteiger partial charge is 0.490 e. The first-order chi connectivity index (χ1) is 14.1. The molecule has 0 saturated carbocycles. The molecule has 3 aromatic rings. The molecule has 4 rings (SSSR count). The van der Waals surface area contributed by atoms with Crippen LogP contribution in [0.2, 0.25) is 0 Å². The van der Waals surface area contributed by atoms with E-state index in [2.05, 4.69) is 70.0 Å². The Balaban J connectivity index is 1.48. The second kappa shape index (κ2) is 8.66. The van der Waals surface area contributed by atoms with Gasteiger partial charge in [0.1, 0.15) is 17.9 Å². The highest BCUT2D eigenvalue weighted by molar-refractivity contribution is 5.89. The Hall–Kier alpha value is -2.86. The average Bonchev–Trinajstić information content (AvgIpc) is 2.74. The molecule has 1 aromatic carbocycles. The van der Waals surface area contributed by atoms with Crippen LogP contribution in [-0.4, -0.2) is 68.3 Å². The number of aryl methyl sites for hydroxylation is 1. The predicted octanol–water partition coefficient (Wildman–Crippen LogP) is 3.21. The van der Waals surface area contributed by atoms with Crippen molar-refractivity contribution in [2.45, 2.75) is 6.92 Å². The van der Waals surface area contributed by atoms with Gasteiger partial charge in [-0.3, -0.25) is 9.97 Å². The van der Waals surface area contributed by atoms with E-state index in [1.807, 2.05) is 24.5 Å². The van der Waals surface area contributed by atoms with Gasteiger partial charge in [-0.15, -0.1) is 0 Å². The molecule has 29 heavy (non-hydrogen) atoms. The SMILES string of the molecule is Cc1ccnc2c(N3CCN(c4ccccc4OCCN(C)C)CC3)ccnc12. The van der Waals surface area contributed by atoms with Crippen molar-refractivity contribution in [2.75, 3.05) is 63.2 Å². The highest BCUT2D eigenvalue weighted by Gasteiger charge is 2.21. The number of piperazine rings is 1. The Morgan fingerprint density at radius 1 is 0.862 bits per heavy atom. The molecule has 1 fully saturated rings. The normalized spacial score (nSPS) is 14.6. The lowest BCUT2D eigenvalue weighted by atomic mass is 10.1. The summed E-state index contributed by atoms with van der Waals surface area (Å²) in [5.74, 6) is 0.967. The maximum absolute atomic E-state index is 6.07. The minimum atomic E-state index is 0.692. The van der Waals surface area contributed by atoms with E-state index in [4.69, 9.17) is 4.74 Å². The molecule has 0 unspecified atom stereocenters. The molecule has 0 radical (unpaired) electrons. The summed E-state index contributed by atoms with van der Waals surface area (Å²) in [6.07, 6.45) is 3.77. The van der Waals surface area contributed by atoms with E-state index in [0.29, 0.717) is 6.61 Å². The van der Waals surface area contributed by atoms with E-state index in [1.165, 1.54) is 16.9 Å². The number of anilines is 2. The van der Waals surface area contributed by atoms with Gasteiger partial charge in [0, 0.05) is 45.1 Å². The van der Waals surface area contributed by atoms with Crippen LogP contribution in [0.4, 0.5) is 11.4 Å². The smallest absolute Gasteiger partial charge is 0.142 e. The average molecular weight is 392 g/mol. The van der Waals surface area contributed by atoms with E-state index in [9.17, 15) is 0 Å². The van der Waals surface area contributed by atoms with E-state index < -0.39 is 0 Å². The second-order valence-corrected chi connectivity index (χ2v) is 7.75. The number of rotatable bonds is 6. The Kier molecular flexibility index (Phi) is 5.81. The van der Waals surface area contributed by atoms with Gasteiger partial charge in [0.25, 0.3) is 0 Å². The zero-order chi connectivity index (χ0) is 20.2. The van der Waals surface area contributed by atoms with Gasteiger partial charge in [-0.1, -0.05) is 12.1 Å². The molecule has 152 valence electrons. The minimum Gasteiger partial charge on any atom is -0.490 e. The molecule has 1 aliphatic rings. The predicted molar refractivity (Wildman–Crippen MR) is 119 cm³/mol. The monoisotopic (exact) mass is 391 g/mol. The summed E-state index contributed by atoms with van der Waals surface area (Å²) in [6, 6.07) is 12.5. The quantitative estimate of drug-likeness (QED) is 0.643. The van der Waals surface area contributed by atoms with Gasteiger partial charge in [-0.05, 0) is 50.8 Å². The maximum Gasteiger partial charge on any atom is 0.142 e. The zero-order valence-corrected chi connectivity index (χ0v) is 17.5. The summed E-state index contributed by atoms with van der Waals surface area (Å²) in [5, 5.41) is 0. The highest BCUT2D eigenvalue weighted by atomic mass is 16.5. The summed E-state index contributed by atoms with van der Waals surface area (Å²) in [5.41, 5.74) is 5.51. The fourth-order valence-corrected chi connectivity index (χ4v) is 3.78. The fraction of sp³-hybridized carbons (Fsp3) is 0.391. The van der Waals surface area contributed by atoms with Crippen molar-refractivity contribution in [2.24, 2.45) is 0 Å². The topological polar surface area (TPSA) is 44.7 Å². The third-order valence-electron chi connectivity index (χ3n) is 5.43. The van der Waals surface area contributed by atoms with Crippen molar-refractivity contribution in [3.05, 3.63) is 54.4 Å². The maximum atomic E-state index is 6.07. The molecule has 6 nitrogen and oxygen atoms in total. The van der Waals surface area contributed by atoms with Crippen molar-refractivity contribution < 1.29 is 4.74 Å². The first kappa shape index (κ1) is 19.5. The van der Waals surface area contributed by atoms with E-state index in [-0.39, 0.29) is 0 Å². The second-order valence-electron chi connectivity index (χ2n) is 7.75. The van der Waals surface area contributed by atoms with Crippen LogP contribution >= 0.6 is 0 Å². The molecule has 6 heteroatoms. The summed E-state index contributed by atoms with van der Waals surface area (Å²) < 4.78 is 6.07. The Bertz CT molecular complexity index is 966. The Labute approximate surface area is 172 Å². The van der Waals surface area contributed by atoms with Gasteiger partial charge in [-0.25, -0.2) is 0 Å². The molecule has 0 N–H and O–H groups in total. The van der Waals surface area contributed by atoms with Crippen LogP contribution in [0.3, 0.4) is 0 Å². The number of pyridine rings is 2. The number of likely N-dealkylation sites (N-methyl/N-ethyl adjacent to an activating group) is 1. The number of hydrogen-bond donors (Lipinski definition) is 0. The van der Waals surface area contributed by atoms with Gasteiger partial charge in [0.05, 0.1) is 16.9 Å². The first-order valence-electron chi connectivity index (χ1n) is 10.2. The lowest BCUT2D eigenvalue weighted by Crippen LogP contribution is -2.46. The van der Waals surface area contributed by atoms with Gasteiger partial charge >= 0.3 is 0 Å². The van der Waals surface area contributed by atoms with E-state index in [0.717, 1.165) is 49.5 Å². The molecule has 0 aliphatic carbocycles. The third kappa shape index (κ3) is 4.27. The first-order valence-corrected chi connectivity index (χ1v) is 10.2. The van der Waals surface area contributed by atoms with E-state index >= 15 is 0 Å². The van der Waals surface area contributed by atoms with Crippen LogP contribution in [0.15, 0.2) is 48.8 Å². The standard InChI is InChI=1S/C23H29N5O/c1-18-8-10-25-23-20(9-11-24-22(18)23)28-14-12-27(13-15-28)19-6-4-5-7-21(19)29-17-16-26(2)3/h4-11H,12-17H2,1-3H3. The number of nitrogens with zero attached hydrogens (tertiary/aromatic N) is 5. The molecule has 0 atom stereocenters. The van der Waals surface area contributed by atoms with E-state index in [1.54, 1.807) is 0 Å². The van der Waals surface area contributed by atoms with Crippen LogP contribution in [0.25, 0.3) is 11.0 Å². The molecule has 1 saturated heterocycles. The van der Waals surface area contributed by atoms with Gasteiger partial charge in [0.15, 0.2) is 0 Å². The van der Waals surface area contributed by atoms with Crippen molar-refractivity contribution in [3.8, 4) is 5.75 Å². The van der Waals surface area contributed by atoms with Crippen LogP contribution in [0.1, 0.15) is 5.56 Å². The summed E-state index contributed by atoms with van der Waals surface area (Å²) in [4.78, 5) is 16.1. The fourth-order valence-electron chi connectivity index (χ4n) is 3.78. The summed E-state index contributed by atoms with van der Waals surface area (Å²) in [6.45, 7) is 7.47. The summed E-state index contributed by atoms with van der Waals surface area (Å²) in [7, 11) is 4.13. The molecule has 1 aliphatic heterocycles. The molecule has 0 bridgehead atoms. The third-order valence-corrected chi connectivity index (χ3v) is 5.43. The lowest BCUT2D eigenvalue weighted by molar-refractivity contribution is 0.261. The van der Waals surface area contributed by atoms with Gasteiger partial charge in [-0.2, -0.15) is 0 Å². The van der Waals surface area contributed by atoms with Crippen LogP contribution in [0.5, 0.6) is 5.75 Å². The molecular formula is C23H29N5O. The van der Waals surface area contributed by atoms with Crippen molar-refractivity contribution in [1.29, 1.82) is 0 Å². The molecule has 0 spiro atoms. The van der Waals surface area contributed by atoms with Gasteiger partial charge in [0.2, 0.25) is 0 Å². The molecular weight excluding hydrogens is 362 g/mol. The van der Waals surface area contributed by atoms with Crippen LogP contribution in [-0.2, 0) is 0 Å². The van der Waals surface area contributed by atoms with Crippen molar-refractivity contribution in [1.82, 2.24) is 14.9 Å². The summed E-state index contributed by atoms with van der Waals surface area (Å²) >= 11 is 0. The van der Waals surface area contributed by atoms with Crippen LogP contribution < -0.4 is 14.5 Å². The minimum absolute atomic E-state index is 0.692. The van der Waals surface area contributed by atoms with Crippen molar-refractivity contribution in [3.63, 3.8) is 0 Å². The Morgan fingerprint density at radius 2 is 1.52 bits per heavy atom. The number of benzene rings is 1. The number of hydrogen-bond acceptors (Lipinski definition) is 6. The number of para-hydroxylation sites is 2. The highest BCUT2D eigenvalue weighted by Crippen LogP contribution is 2.31. The van der Waals surface area contributed by atoms with Gasteiger partial charge < -0.3 is 19.4 Å². The number of aromatic nitrogens is 2. The van der Waals surface area contributed by atoms with Crippen LogP contribution in [0, 0.1) is 6.92 Å². The Morgan fingerprint density at radius 3 is 2.28 bits per heavy atom. The van der Waals surface area contributed by atoms with Crippen molar-refractivity contribution >= 4 is 22.4 Å². The number of ether oxygens (including phenoxy) is 1. The molecule has 2 aromatic heterocycles. The molecule has 3 heterocycles. The lowest BCUT2D eigenvalue weighted by Gasteiger charge is -2.38. The zero-order valence-electron chi connectivity index (χ0n) is 17.5.